The van der Waals surface area contributed by atoms with Gasteiger partial charge in [-0.1, -0.05) is 13.8 Å². The maximum absolute atomic E-state index is 11.4. The molecule has 0 spiro atoms. The second-order valence-electron chi connectivity index (χ2n) is 3.04. The third-order valence-electron chi connectivity index (χ3n) is 1.81. The van der Waals surface area contributed by atoms with E-state index in [1.54, 1.807) is 6.92 Å². The summed E-state index contributed by atoms with van der Waals surface area (Å²) < 4.78 is 11.4. The first-order chi connectivity index (χ1) is 4.90. The molecule has 0 amide bonds. The fourth-order valence-corrected chi connectivity index (χ4v) is 2.53. The highest BCUT2D eigenvalue weighted by Crippen LogP contribution is 2.47. The van der Waals surface area contributed by atoms with Crippen molar-refractivity contribution < 1.29 is 14.6 Å². The zero-order chi connectivity index (χ0) is 9.07. The summed E-state index contributed by atoms with van der Waals surface area (Å²) in [5.74, 6) is 0. The summed E-state index contributed by atoms with van der Waals surface area (Å²) >= 11 is 0. The van der Waals surface area contributed by atoms with E-state index in [1.807, 2.05) is 6.92 Å². The van der Waals surface area contributed by atoms with E-state index in [4.69, 9.17) is 5.11 Å². The number of aliphatic hydroxyl groups excluding tert-OH is 1. The minimum atomic E-state index is -3.09. The first kappa shape index (κ1) is 11.2. The van der Waals surface area contributed by atoms with Crippen molar-refractivity contribution in [2.24, 2.45) is 0 Å². The Morgan fingerprint density at radius 1 is 1.45 bits per heavy atom. The van der Waals surface area contributed by atoms with E-state index in [0.717, 1.165) is 0 Å². The molecule has 0 rings (SSSR count). The molecule has 4 heteroatoms. The van der Waals surface area contributed by atoms with Gasteiger partial charge in [-0.15, -0.1) is 0 Å². The highest BCUT2D eigenvalue weighted by atomic mass is 31.2. The van der Waals surface area contributed by atoms with Gasteiger partial charge in [0.2, 0.25) is 7.37 Å². The highest BCUT2D eigenvalue weighted by Gasteiger charge is 2.26. The van der Waals surface area contributed by atoms with Crippen LogP contribution in [0.4, 0.5) is 0 Å². The van der Waals surface area contributed by atoms with Crippen molar-refractivity contribution in [1.82, 2.24) is 0 Å². The molecule has 0 aromatic heterocycles. The maximum atomic E-state index is 11.4. The monoisotopic (exact) mass is 180 g/mol. The van der Waals surface area contributed by atoms with Crippen molar-refractivity contribution in [3.05, 3.63) is 0 Å². The molecule has 3 atom stereocenters. The fourth-order valence-electron chi connectivity index (χ4n) is 0.844. The average Bonchev–Trinajstić information content (AvgIpc) is 1.83. The largest absolute Gasteiger partial charge is 0.393 e. The first-order valence-corrected chi connectivity index (χ1v) is 5.81. The Balaban J connectivity index is 4.10. The SMILES string of the molecule is CCC(C)P(=O)(O)CC(C)O. The Bertz CT molecular complexity index is 156. The predicted octanol–water partition coefficient (Wildman–Crippen LogP) is 1.44. The van der Waals surface area contributed by atoms with Crippen molar-refractivity contribution in [2.45, 2.75) is 39.0 Å². The maximum Gasteiger partial charge on any atom is 0.205 e. The van der Waals surface area contributed by atoms with Gasteiger partial charge in [0.15, 0.2) is 0 Å². The van der Waals surface area contributed by atoms with Crippen LogP contribution in [0.25, 0.3) is 0 Å². The summed E-state index contributed by atoms with van der Waals surface area (Å²) in [6.07, 6.45) is 0.0162. The van der Waals surface area contributed by atoms with E-state index in [0.29, 0.717) is 6.42 Å². The lowest BCUT2D eigenvalue weighted by Gasteiger charge is -2.18. The topological polar surface area (TPSA) is 57.5 Å². The van der Waals surface area contributed by atoms with E-state index in [1.165, 1.54) is 6.92 Å². The van der Waals surface area contributed by atoms with Crippen LogP contribution < -0.4 is 0 Å². The molecule has 11 heavy (non-hydrogen) atoms. The van der Waals surface area contributed by atoms with Gasteiger partial charge >= 0.3 is 0 Å². The summed E-state index contributed by atoms with van der Waals surface area (Å²) in [5, 5.41) is 8.90. The van der Waals surface area contributed by atoms with Gasteiger partial charge in [-0.05, 0) is 13.3 Å². The summed E-state index contributed by atoms with van der Waals surface area (Å²) in [6, 6.07) is 0. The van der Waals surface area contributed by atoms with Crippen LogP contribution in [0.2, 0.25) is 0 Å². The Labute approximate surface area is 67.9 Å². The fraction of sp³-hybridized carbons (Fsp3) is 1.00. The van der Waals surface area contributed by atoms with Crippen LogP contribution in [0.1, 0.15) is 27.2 Å². The van der Waals surface area contributed by atoms with Crippen molar-refractivity contribution >= 4 is 7.37 Å². The van der Waals surface area contributed by atoms with Crippen LogP contribution in [0.3, 0.4) is 0 Å². The van der Waals surface area contributed by atoms with E-state index in [9.17, 15) is 9.46 Å². The molecule has 0 radical (unpaired) electrons. The second kappa shape index (κ2) is 4.24. The van der Waals surface area contributed by atoms with Crippen LogP contribution in [0, 0.1) is 0 Å². The molecule has 0 bridgehead atoms. The minimum Gasteiger partial charge on any atom is -0.393 e. The molecule has 0 saturated carbocycles. The Hall–Kier alpha value is 0.150. The Kier molecular flexibility index (Phi) is 4.30. The van der Waals surface area contributed by atoms with Gasteiger partial charge in [0.05, 0.1) is 12.3 Å². The van der Waals surface area contributed by atoms with Crippen molar-refractivity contribution in [3.63, 3.8) is 0 Å². The second-order valence-corrected chi connectivity index (χ2v) is 5.80. The molecular weight excluding hydrogens is 163 g/mol. The third kappa shape index (κ3) is 3.90. The summed E-state index contributed by atoms with van der Waals surface area (Å²) in [5.41, 5.74) is -0.197. The molecule has 3 unspecified atom stereocenters. The third-order valence-corrected chi connectivity index (χ3v) is 4.60. The zero-order valence-electron chi connectivity index (χ0n) is 7.32. The highest BCUT2D eigenvalue weighted by molar-refractivity contribution is 7.58. The first-order valence-electron chi connectivity index (χ1n) is 3.89. The summed E-state index contributed by atoms with van der Waals surface area (Å²) in [6.45, 7) is 5.14. The number of hydrogen-bond acceptors (Lipinski definition) is 2. The van der Waals surface area contributed by atoms with Crippen molar-refractivity contribution in [2.75, 3.05) is 6.16 Å². The Morgan fingerprint density at radius 2 is 1.91 bits per heavy atom. The standard InChI is InChI=1S/C7H17O3P/c1-4-7(3)11(9,10)5-6(2)8/h6-8H,4-5H2,1-3H3,(H,9,10). The van der Waals surface area contributed by atoms with Gasteiger partial charge < -0.3 is 10.00 Å². The van der Waals surface area contributed by atoms with Crippen LogP contribution >= 0.6 is 7.37 Å². The molecule has 3 nitrogen and oxygen atoms in total. The Morgan fingerprint density at radius 3 is 2.18 bits per heavy atom. The average molecular weight is 180 g/mol. The van der Waals surface area contributed by atoms with Crippen molar-refractivity contribution in [1.29, 1.82) is 0 Å². The minimum absolute atomic E-state index is 0.0159. The van der Waals surface area contributed by atoms with E-state index in [-0.39, 0.29) is 11.8 Å². The molecule has 0 heterocycles. The van der Waals surface area contributed by atoms with Gasteiger partial charge in [0, 0.05) is 5.66 Å². The van der Waals surface area contributed by atoms with Gasteiger partial charge in [0.1, 0.15) is 0 Å². The van der Waals surface area contributed by atoms with E-state index >= 15 is 0 Å². The molecule has 0 aliphatic heterocycles. The van der Waals surface area contributed by atoms with Crippen LogP contribution in [-0.2, 0) is 4.57 Å². The quantitative estimate of drug-likeness (QED) is 0.643. The summed E-state index contributed by atoms with van der Waals surface area (Å²) in [4.78, 5) is 9.35. The van der Waals surface area contributed by atoms with Gasteiger partial charge in [-0.3, -0.25) is 4.57 Å². The molecule has 0 saturated heterocycles. The van der Waals surface area contributed by atoms with E-state index in [2.05, 4.69) is 0 Å². The van der Waals surface area contributed by atoms with Gasteiger partial charge in [0.25, 0.3) is 0 Å². The lowest BCUT2D eigenvalue weighted by atomic mass is 10.4. The van der Waals surface area contributed by atoms with E-state index < -0.39 is 13.5 Å². The normalized spacial score (nSPS) is 22.3. The van der Waals surface area contributed by atoms with Crippen LogP contribution in [0.5, 0.6) is 0 Å². The molecule has 0 aliphatic carbocycles. The van der Waals surface area contributed by atoms with Gasteiger partial charge in [-0.2, -0.15) is 0 Å². The lowest BCUT2D eigenvalue weighted by molar-refractivity contribution is 0.214. The van der Waals surface area contributed by atoms with Crippen LogP contribution in [0.15, 0.2) is 0 Å². The number of hydrogen-bond donors (Lipinski definition) is 2. The van der Waals surface area contributed by atoms with Crippen molar-refractivity contribution in [3.8, 4) is 0 Å². The molecule has 68 valence electrons. The molecule has 0 aromatic carbocycles. The number of aliphatic hydroxyl groups is 1. The number of rotatable bonds is 4. The molecular formula is C7H17O3P. The summed E-state index contributed by atoms with van der Waals surface area (Å²) in [7, 11) is -3.09. The molecule has 0 aliphatic rings. The molecule has 2 N–H and O–H groups in total. The molecule has 0 aromatic rings. The smallest absolute Gasteiger partial charge is 0.205 e. The predicted molar refractivity (Wildman–Crippen MR) is 46.1 cm³/mol. The lowest BCUT2D eigenvalue weighted by Crippen LogP contribution is -2.13. The van der Waals surface area contributed by atoms with Crippen LogP contribution in [-0.4, -0.2) is 27.9 Å². The zero-order valence-corrected chi connectivity index (χ0v) is 8.21. The van der Waals surface area contributed by atoms with Gasteiger partial charge in [-0.25, -0.2) is 0 Å². The molecule has 0 fully saturated rings.